The fourth-order valence-corrected chi connectivity index (χ4v) is 4.86. The number of nitrogens with one attached hydrogen (secondary N) is 1. The smallest absolute Gasteiger partial charge is 0.234 e. The Morgan fingerprint density at radius 1 is 1.33 bits per heavy atom. The maximum Gasteiger partial charge on any atom is 0.234 e. The Balaban J connectivity index is 1.59. The number of carbonyl (C=O) groups is 1. The third-order valence-corrected chi connectivity index (χ3v) is 6.26. The first-order chi connectivity index (χ1) is 8.74. The molecule has 0 aliphatic carbocycles. The highest BCUT2D eigenvalue weighted by Gasteiger charge is 2.19. The molecular weight excluding hydrogens is 266 g/mol. The molecule has 2 rings (SSSR count). The molecule has 6 heteroatoms. The van der Waals surface area contributed by atoms with Gasteiger partial charge in [-0.1, -0.05) is 0 Å². The van der Waals surface area contributed by atoms with Gasteiger partial charge in [-0.2, -0.15) is 23.5 Å². The molecule has 18 heavy (non-hydrogen) atoms. The van der Waals surface area contributed by atoms with Gasteiger partial charge in [0.2, 0.25) is 5.91 Å². The molecule has 104 valence electrons. The molecule has 2 fully saturated rings. The predicted octanol–water partition coefficient (Wildman–Crippen LogP) is 0.374. The van der Waals surface area contributed by atoms with Crippen LogP contribution in [0.15, 0.2) is 0 Å². The maximum atomic E-state index is 11.8. The van der Waals surface area contributed by atoms with Crippen molar-refractivity contribution in [2.45, 2.75) is 24.1 Å². The second kappa shape index (κ2) is 7.62. The van der Waals surface area contributed by atoms with E-state index >= 15 is 0 Å². The van der Waals surface area contributed by atoms with Gasteiger partial charge < -0.3 is 11.1 Å². The lowest BCUT2D eigenvalue weighted by molar-refractivity contribution is -0.122. The Kier molecular flexibility index (Phi) is 6.14. The van der Waals surface area contributed by atoms with E-state index < -0.39 is 0 Å². The van der Waals surface area contributed by atoms with Crippen LogP contribution in [0.25, 0.3) is 0 Å². The summed E-state index contributed by atoms with van der Waals surface area (Å²) in [5.74, 6) is 3.81. The van der Waals surface area contributed by atoms with E-state index in [1.54, 1.807) is 0 Å². The molecule has 0 aromatic rings. The highest BCUT2D eigenvalue weighted by Crippen LogP contribution is 2.23. The van der Waals surface area contributed by atoms with Crippen molar-refractivity contribution >= 4 is 29.4 Å². The quantitative estimate of drug-likeness (QED) is 0.783. The highest BCUT2D eigenvalue weighted by atomic mass is 32.2. The lowest BCUT2D eigenvalue weighted by Crippen LogP contribution is -2.45. The van der Waals surface area contributed by atoms with Gasteiger partial charge in [-0.15, -0.1) is 0 Å². The molecule has 0 spiro atoms. The number of thioether (sulfide) groups is 2. The van der Waals surface area contributed by atoms with Crippen molar-refractivity contribution < 1.29 is 4.79 Å². The fourth-order valence-electron chi connectivity index (χ4n) is 2.25. The van der Waals surface area contributed by atoms with Gasteiger partial charge in [0, 0.05) is 48.2 Å². The number of likely N-dealkylation sites (tertiary alicyclic amines) is 1. The van der Waals surface area contributed by atoms with E-state index in [-0.39, 0.29) is 5.91 Å². The molecule has 0 bridgehead atoms. The number of piperidine rings is 1. The van der Waals surface area contributed by atoms with E-state index in [4.69, 9.17) is 5.73 Å². The van der Waals surface area contributed by atoms with Gasteiger partial charge in [-0.05, 0) is 12.8 Å². The Morgan fingerprint density at radius 2 is 2.11 bits per heavy atom. The first kappa shape index (κ1) is 14.5. The lowest BCUT2D eigenvalue weighted by Gasteiger charge is -2.29. The summed E-state index contributed by atoms with van der Waals surface area (Å²) in [6.07, 6.45) is 2.03. The highest BCUT2D eigenvalue weighted by molar-refractivity contribution is 8.06. The summed E-state index contributed by atoms with van der Waals surface area (Å²) >= 11 is 3.98. The molecule has 2 aliphatic rings. The number of hydrogen-bond donors (Lipinski definition) is 2. The molecule has 0 aromatic carbocycles. The average molecular weight is 289 g/mol. The first-order valence-electron chi connectivity index (χ1n) is 6.68. The van der Waals surface area contributed by atoms with E-state index in [0.717, 1.165) is 32.5 Å². The SMILES string of the molecule is NC1CCN(CC(=O)NCC2CSCCS2)CC1. The normalized spacial score (nSPS) is 27.1. The summed E-state index contributed by atoms with van der Waals surface area (Å²) in [4.78, 5) is 14.0. The number of amides is 1. The van der Waals surface area contributed by atoms with E-state index in [9.17, 15) is 4.79 Å². The van der Waals surface area contributed by atoms with Crippen molar-refractivity contribution in [1.29, 1.82) is 0 Å². The molecule has 2 saturated heterocycles. The van der Waals surface area contributed by atoms with E-state index in [1.807, 2.05) is 23.5 Å². The fraction of sp³-hybridized carbons (Fsp3) is 0.917. The largest absolute Gasteiger partial charge is 0.354 e. The monoisotopic (exact) mass is 289 g/mol. The standard InChI is InChI=1S/C12H23N3OS2/c13-10-1-3-15(4-2-10)8-12(16)14-7-11-9-17-5-6-18-11/h10-11H,1-9,13H2,(H,14,16). The minimum absolute atomic E-state index is 0.168. The third kappa shape index (κ3) is 4.99. The van der Waals surface area contributed by atoms with Crippen LogP contribution in [-0.4, -0.2) is 65.5 Å². The third-order valence-electron chi connectivity index (χ3n) is 3.41. The molecule has 1 amide bonds. The molecule has 2 heterocycles. The van der Waals surface area contributed by atoms with Crippen molar-refractivity contribution in [1.82, 2.24) is 10.2 Å². The minimum Gasteiger partial charge on any atom is -0.354 e. The summed E-state index contributed by atoms with van der Waals surface area (Å²) in [6.45, 7) is 3.28. The van der Waals surface area contributed by atoms with Crippen molar-refractivity contribution in [2.75, 3.05) is 43.4 Å². The van der Waals surface area contributed by atoms with Gasteiger partial charge in [-0.3, -0.25) is 9.69 Å². The van der Waals surface area contributed by atoms with Crippen LogP contribution in [0.3, 0.4) is 0 Å². The Bertz CT molecular complexity index is 264. The van der Waals surface area contributed by atoms with Crippen molar-refractivity contribution in [3.8, 4) is 0 Å². The van der Waals surface area contributed by atoms with Crippen molar-refractivity contribution in [3.05, 3.63) is 0 Å². The van der Waals surface area contributed by atoms with Crippen LogP contribution in [0.5, 0.6) is 0 Å². The summed E-state index contributed by atoms with van der Waals surface area (Å²) in [5.41, 5.74) is 5.85. The molecule has 0 saturated carbocycles. The van der Waals surface area contributed by atoms with Crippen LogP contribution >= 0.6 is 23.5 Å². The summed E-state index contributed by atoms with van der Waals surface area (Å²) < 4.78 is 0. The average Bonchev–Trinajstić information content (AvgIpc) is 2.40. The van der Waals surface area contributed by atoms with E-state index in [0.29, 0.717) is 17.8 Å². The molecule has 2 aliphatic heterocycles. The second-order valence-electron chi connectivity index (χ2n) is 4.99. The van der Waals surface area contributed by atoms with Crippen LogP contribution in [0.1, 0.15) is 12.8 Å². The number of hydrogen-bond acceptors (Lipinski definition) is 5. The zero-order valence-electron chi connectivity index (χ0n) is 10.8. The van der Waals surface area contributed by atoms with Crippen LogP contribution in [0.2, 0.25) is 0 Å². The Hall–Kier alpha value is 0.0900. The number of nitrogens with zero attached hydrogens (tertiary/aromatic N) is 1. The van der Waals surface area contributed by atoms with Gasteiger partial charge in [0.1, 0.15) is 0 Å². The van der Waals surface area contributed by atoms with Crippen LogP contribution < -0.4 is 11.1 Å². The Labute approximate surface area is 118 Å². The summed E-state index contributed by atoms with van der Waals surface area (Å²) in [6, 6.07) is 0.333. The van der Waals surface area contributed by atoms with Crippen molar-refractivity contribution in [3.63, 3.8) is 0 Å². The number of rotatable bonds is 4. The van der Waals surface area contributed by atoms with Crippen LogP contribution in [0, 0.1) is 0 Å². The summed E-state index contributed by atoms with van der Waals surface area (Å²) in [5, 5.41) is 3.66. The molecule has 0 radical (unpaired) electrons. The van der Waals surface area contributed by atoms with Gasteiger partial charge in [0.05, 0.1) is 6.54 Å². The minimum atomic E-state index is 0.168. The number of carbonyl (C=O) groups excluding carboxylic acids is 1. The van der Waals surface area contributed by atoms with Gasteiger partial charge >= 0.3 is 0 Å². The van der Waals surface area contributed by atoms with Gasteiger partial charge in [0.15, 0.2) is 0 Å². The van der Waals surface area contributed by atoms with Crippen LogP contribution in [0.4, 0.5) is 0 Å². The topological polar surface area (TPSA) is 58.4 Å². The molecular formula is C12H23N3OS2. The summed E-state index contributed by atoms with van der Waals surface area (Å²) in [7, 11) is 0. The molecule has 0 aromatic heterocycles. The first-order valence-corrected chi connectivity index (χ1v) is 8.88. The Morgan fingerprint density at radius 3 is 2.78 bits per heavy atom. The zero-order valence-corrected chi connectivity index (χ0v) is 12.4. The van der Waals surface area contributed by atoms with E-state index in [1.165, 1.54) is 17.3 Å². The predicted molar refractivity (Wildman–Crippen MR) is 80.2 cm³/mol. The molecule has 3 N–H and O–H groups in total. The maximum absolute atomic E-state index is 11.8. The van der Waals surface area contributed by atoms with E-state index in [2.05, 4.69) is 10.2 Å². The number of nitrogens with two attached hydrogens (primary N) is 1. The van der Waals surface area contributed by atoms with Crippen LogP contribution in [-0.2, 0) is 4.79 Å². The lowest BCUT2D eigenvalue weighted by atomic mass is 10.1. The molecule has 1 atom stereocenters. The van der Waals surface area contributed by atoms with Gasteiger partial charge in [0.25, 0.3) is 0 Å². The molecule has 4 nitrogen and oxygen atoms in total. The van der Waals surface area contributed by atoms with Crippen molar-refractivity contribution in [2.24, 2.45) is 5.73 Å². The zero-order chi connectivity index (χ0) is 12.8. The second-order valence-corrected chi connectivity index (χ2v) is 7.54. The van der Waals surface area contributed by atoms with Gasteiger partial charge in [-0.25, -0.2) is 0 Å². The molecule has 1 unspecified atom stereocenters.